The van der Waals surface area contributed by atoms with E-state index in [-0.39, 0.29) is 19.1 Å². The van der Waals surface area contributed by atoms with Crippen LogP contribution in [0.25, 0.3) is 21.5 Å². The molecule has 0 saturated carbocycles. The zero-order chi connectivity index (χ0) is 24.9. The Morgan fingerprint density at radius 1 is 0.971 bits per heavy atom. The van der Waals surface area contributed by atoms with Crippen LogP contribution in [0.2, 0.25) is 51.4 Å². The van der Waals surface area contributed by atoms with Gasteiger partial charge in [0.1, 0.15) is 34.3 Å². The average molecular weight is 521 g/mol. The molecule has 0 aliphatic heterocycles. The van der Waals surface area contributed by atoms with Gasteiger partial charge in [-0.05, 0) is 31.1 Å². The Balaban J connectivity index is 1.85. The third-order valence-corrected chi connectivity index (χ3v) is 9.48. The van der Waals surface area contributed by atoms with Crippen LogP contribution < -0.4 is 10.3 Å². The average Bonchev–Trinajstić information content (AvgIpc) is 3.17. The van der Waals surface area contributed by atoms with Crippen LogP contribution in [-0.2, 0) is 16.2 Å². The molecule has 0 fully saturated rings. The summed E-state index contributed by atoms with van der Waals surface area (Å²) in [6.07, 6.45) is 1.52. The zero-order valence-electron chi connectivity index (χ0n) is 21.3. The lowest BCUT2D eigenvalue weighted by molar-refractivity contribution is 0.0228. The number of aromatic nitrogens is 4. The van der Waals surface area contributed by atoms with Gasteiger partial charge in [0.2, 0.25) is 0 Å². The van der Waals surface area contributed by atoms with E-state index in [0.717, 1.165) is 27.7 Å². The van der Waals surface area contributed by atoms with Crippen molar-refractivity contribution in [2.24, 2.45) is 0 Å². The van der Waals surface area contributed by atoms with Gasteiger partial charge in [0.05, 0.1) is 5.39 Å². The van der Waals surface area contributed by atoms with Gasteiger partial charge >= 0.3 is 0 Å². The molecule has 3 aromatic rings. The summed E-state index contributed by atoms with van der Waals surface area (Å²) in [4.78, 5) is 17.8. The van der Waals surface area contributed by atoms with Gasteiger partial charge in [-0.25, -0.2) is 4.98 Å². The summed E-state index contributed by atoms with van der Waals surface area (Å²) < 4.78 is 18.9. The number of fused-ring (bicyclic) bond motifs is 1. The number of nitrogens with zero attached hydrogens (tertiary/aromatic N) is 4. The number of benzene rings is 1. The second-order valence-corrected chi connectivity index (χ2v) is 23.3. The number of hydrogen-bond donors (Lipinski definition) is 0. The van der Waals surface area contributed by atoms with Crippen molar-refractivity contribution >= 4 is 38.4 Å². The van der Waals surface area contributed by atoms with Crippen molar-refractivity contribution in [2.75, 3.05) is 20.0 Å². The Hall–Kier alpha value is -1.93. The highest BCUT2D eigenvalue weighted by molar-refractivity contribution is 7.14. The highest BCUT2D eigenvalue weighted by Gasteiger charge is 2.17. The van der Waals surface area contributed by atoms with E-state index in [4.69, 9.17) is 14.2 Å². The fraction of sp³-hybridized carbons (Fsp3) is 0.565. The van der Waals surface area contributed by atoms with Crippen molar-refractivity contribution in [3.8, 4) is 16.3 Å². The molecule has 2 heterocycles. The molecule has 0 saturated heterocycles. The van der Waals surface area contributed by atoms with Crippen LogP contribution in [0.1, 0.15) is 5.01 Å². The predicted octanol–water partition coefficient (Wildman–Crippen LogP) is 5.23. The highest BCUT2D eigenvalue weighted by atomic mass is 32.1. The van der Waals surface area contributed by atoms with Crippen LogP contribution in [0.4, 0.5) is 0 Å². The third kappa shape index (κ3) is 7.80. The van der Waals surface area contributed by atoms with Gasteiger partial charge in [0.25, 0.3) is 5.56 Å². The zero-order valence-corrected chi connectivity index (χ0v) is 24.1. The molecule has 34 heavy (non-hydrogen) atoms. The van der Waals surface area contributed by atoms with Crippen LogP contribution in [0, 0.1) is 6.92 Å². The maximum absolute atomic E-state index is 13.3. The van der Waals surface area contributed by atoms with Gasteiger partial charge in [0.15, 0.2) is 6.79 Å². The Morgan fingerprint density at radius 3 is 2.26 bits per heavy atom. The minimum Gasteiger partial charge on any atom is -0.465 e. The molecule has 2 aromatic heterocycles. The number of hydrogen-bond acceptors (Lipinski definition) is 8. The van der Waals surface area contributed by atoms with E-state index in [2.05, 4.69) is 54.5 Å². The summed E-state index contributed by atoms with van der Waals surface area (Å²) in [6.45, 7) is 17.3. The quantitative estimate of drug-likeness (QED) is 0.184. The molecule has 0 aliphatic carbocycles. The summed E-state index contributed by atoms with van der Waals surface area (Å²) in [7, 11) is -2.38. The molecule has 0 amide bonds. The monoisotopic (exact) mass is 520 g/mol. The first-order valence-electron chi connectivity index (χ1n) is 11.5. The first-order valence-corrected chi connectivity index (χ1v) is 19.8. The third-order valence-electron chi connectivity index (χ3n) is 5.19. The van der Waals surface area contributed by atoms with E-state index in [1.54, 1.807) is 0 Å². The van der Waals surface area contributed by atoms with Gasteiger partial charge in [-0.2, -0.15) is 0 Å². The second kappa shape index (κ2) is 11.2. The normalized spacial score (nSPS) is 12.4. The summed E-state index contributed by atoms with van der Waals surface area (Å²) in [5, 5.41) is 10.4. The molecular formula is C23H36N4O4SSi2. The van der Waals surface area contributed by atoms with Gasteiger partial charge in [-0.1, -0.05) is 50.6 Å². The largest absolute Gasteiger partial charge is 0.465 e. The Kier molecular flexibility index (Phi) is 8.79. The Labute approximate surface area is 207 Å². The summed E-state index contributed by atoms with van der Waals surface area (Å²) in [5.41, 5.74) is 1.10. The molecule has 8 nitrogen and oxygen atoms in total. The maximum atomic E-state index is 13.3. The van der Waals surface area contributed by atoms with Gasteiger partial charge < -0.3 is 14.2 Å². The number of rotatable bonds is 12. The van der Waals surface area contributed by atoms with Crippen LogP contribution in [0.3, 0.4) is 0 Å². The molecule has 0 radical (unpaired) electrons. The van der Waals surface area contributed by atoms with E-state index < -0.39 is 16.1 Å². The fourth-order valence-electron chi connectivity index (χ4n) is 3.06. The standard InChI is InChI=1S/C23H36N4O4SSi2/c1-17-25-26-22(32-17)18-12-19-21(20(13-18)31-16-30-9-11-34(5,6)7)24-14-27(23(19)28)15-29-8-10-33(2,3)4/h12-14H,8-11,15-16H2,1-7H3. The SMILES string of the molecule is Cc1nnc(-c2cc(OCOCC[Si](C)(C)C)c3ncn(COCC[Si](C)(C)C)c(=O)c3c2)s1. The molecule has 0 atom stereocenters. The minimum absolute atomic E-state index is 0.0999. The Morgan fingerprint density at radius 2 is 1.65 bits per heavy atom. The lowest BCUT2D eigenvalue weighted by Crippen LogP contribution is -2.25. The first kappa shape index (κ1) is 26.7. The van der Waals surface area contributed by atoms with Crippen molar-refractivity contribution in [3.05, 3.63) is 33.8 Å². The van der Waals surface area contributed by atoms with Gasteiger partial charge in [-0.15, -0.1) is 10.2 Å². The lowest BCUT2D eigenvalue weighted by atomic mass is 10.1. The lowest BCUT2D eigenvalue weighted by Gasteiger charge is -2.17. The van der Waals surface area contributed by atoms with Gasteiger partial charge in [0, 0.05) is 34.9 Å². The molecule has 3 rings (SSSR count). The van der Waals surface area contributed by atoms with Crippen molar-refractivity contribution < 1.29 is 14.2 Å². The van der Waals surface area contributed by atoms with E-state index in [1.165, 1.54) is 22.2 Å². The van der Waals surface area contributed by atoms with E-state index in [1.807, 2.05) is 19.1 Å². The highest BCUT2D eigenvalue weighted by Crippen LogP contribution is 2.31. The van der Waals surface area contributed by atoms with Crippen molar-refractivity contribution in [1.82, 2.24) is 19.7 Å². The molecule has 1 aromatic carbocycles. The van der Waals surface area contributed by atoms with Gasteiger partial charge in [-0.3, -0.25) is 9.36 Å². The van der Waals surface area contributed by atoms with Crippen LogP contribution in [0.5, 0.6) is 5.75 Å². The van der Waals surface area contributed by atoms with Crippen molar-refractivity contribution in [1.29, 1.82) is 0 Å². The summed E-state index contributed by atoms with van der Waals surface area (Å²) in [5.74, 6) is 0.497. The number of aryl methyl sites for hydroxylation is 1. The molecule has 0 aliphatic rings. The molecular weight excluding hydrogens is 485 g/mol. The van der Waals surface area contributed by atoms with Crippen LogP contribution >= 0.6 is 11.3 Å². The Bertz CT molecular complexity index is 1170. The topological polar surface area (TPSA) is 88.4 Å². The molecule has 186 valence electrons. The molecule has 0 spiro atoms. The summed E-state index contributed by atoms with van der Waals surface area (Å²) >= 11 is 1.47. The van der Waals surface area contributed by atoms with Crippen LogP contribution in [0.15, 0.2) is 23.3 Å². The molecule has 0 bridgehead atoms. The molecule has 0 unspecified atom stereocenters. The van der Waals surface area contributed by atoms with Crippen molar-refractivity contribution in [3.63, 3.8) is 0 Å². The van der Waals surface area contributed by atoms with E-state index >= 15 is 0 Å². The first-order chi connectivity index (χ1) is 15.9. The number of ether oxygens (including phenoxy) is 3. The molecule has 11 heteroatoms. The van der Waals surface area contributed by atoms with E-state index in [0.29, 0.717) is 29.9 Å². The smallest absolute Gasteiger partial charge is 0.263 e. The predicted molar refractivity (Wildman–Crippen MR) is 143 cm³/mol. The fourth-order valence-corrected chi connectivity index (χ4v) is 5.25. The maximum Gasteiger partial charge on any atom is 0.263 e. The minimum atomic E-state index is -1.20. The molecule has 0 N–H and O–H groups in total. The van der Waals surface area contributed by atoms with E-state index in [9.17, 15) is 4.79 Å². The van der Waals surface area contributed by atoms with Crippen LogP contribution in [-0.4, -0.2) is 55.9 Å². The van der Waals surface area contributed by atoms with Crippen molar-refractivity contribution in [2.45, 2.75) is 65.0 Å². The summed E-state index contributed by atoms with van der Waals surface area (Å²) in [6, 6.07) is 5.76. The second-order valence-electron chi connectivity index (χ2n) is 10.8.